The molecule has 0 atom stereocenters. The normalized spacial score (nSPS) is 15.0. The van der Waals surface area contributed by atoms with Crippen LogP contribution in [-0.4, -0.2) is 5.78 Å². The van der Waals surface area contributed by atoms with Crippen LogP contribution < -0.4 is 5.32 Å². The smallest absolute Gasteiger partial charge is 0.309 e. The zero-order valence-electron chi connectivity index (χ0n) is 8.61. The maximum atomic E-state index is 12.7. The van der Waals surface area contributed by atoms with E-state index in [1.54, 1.807) is 0 Å². The molecule has 0 amide bonds. The monoisotopic (exact) mass is 229 g/mol. The Balaban J connectivity index is 2.63. The lowest BCUT2D eigenvalue weighted by Gasteiger charge is -2.13. The van der Waals surface area contributed by atoms with Gasteiger partial charge in [-0.15, -0.1) is 0 Å². The third-order valence-corrected chi connectivity index (χ3v) is 2.67. The number of carbonyl (C=O) groups excluding carboxylic acids is 1. The van der Waals surface area contributed by atoms with Gasteiger partial charge in [-0.1, -0.05) is 0 Å². The molecule has 0 radical (unpaired) electrons. The molecule has 0 aromatic heterocycles. The number of ketones is 1. The summed E-state index contributed by atoms with van der Waals surface area (Å²) in [5.41, 5.74) is 0.257. The summed E-state index contributed by atoms with van der Waals surface area (Å²) in [6.07, 6.45) is -4.40. The van der Waals surface area contributed by atoms with Gasteiger partial charge in [0.15, 0.2) is 5.78 Å². The SMILES string of the molecule is CC(=O)c1cc2c(c(C(F)(F)F)c1)CNC2. The number of nitrogens with one attached hydrogen (secondary N) is 1. The number of alkyl halides is 3. The Morgan fingerprint density at radius 2 is 2.00 bits per heavy atom. The van der Waals surface area contributed by atoms with E-state index >= 15 is 0 Å². The summed E-state index contributed by atoms with van der Waals surface area (Å²) in [7, 11) is 0. The van der Waals surface area contributed by atoms with Crippen LogP contribution >= 0.6 is 0 Å². The van der Waals surface area contributed by atoms with Gasteiger partial charge < -0.3 is 5.32 Å². The molecule has 1 aromatic carbocycles. The van der Waals surface area contributed by atoms with Crippen LogP contribution in [0.25, 0.3) is 0 Å². The minimum atomic E-state index is -4.40. The number of halogens is 3. The topological polar surface area (TPSA) is 29.1 Å². The minimum absolute atomic E-state index is 0.120. The molecule has 16 heavy (non-hydrogen) atoms. The van der Waals surface area contributed by atoms with Crippen molar-refractivity contribution in [2.24, 2.45) is 0 Å². The molecule has 5 heteroatoms. The van der Waals surface area contributed by atoms with E-state index in [4.69, 9.17) is 0 Å². The van der Waals surface area contributed by atoms with E-state index in [1.807, 2.05) is 0 Å². The van der Waals surface area contributed by atoms with Crippen LogP contribution in [0.4, 0.5) is 13.2 Å². The predicted molar refractivity (Wildman–Crippen MR) is 52.0 cm³/mol. The van der Waals surface area contributed by atoms with Crippen molar-refractivity contribution in [1.82, 2.24) is 5.32 Å². The van der Waals surface area contributed by atoms with Crippen molar-refractivity contribution < 1.29 is 18.0 Å². The lowest BCUT2D eigenvalue weighted by atomic mass is 9.98. The van der Waals surface area contributed by atoms with E-state index in [2.05, 4.69) is 5.32 Å². The number of benzene rings is 1. The molecular formula is C11H10F3NO. The first-order valence-electron chi connectivity index (χ1n) is 4.84. The Morgan fingerprint density at radius 1 is 1.31 bits per heavy atom. The van der Waals surface area contributed by atoms with Crippen LogP contribution in [0.1, 0.15) is 34.0 Å². The highest BCUT2D eigenvalue weighted by Gasteiger charge is 2.36. The van der Waals surface area contributed by atoms with Gasteiger partial charge in [0.05, 0.1) is 5.56 Å². The maximum Gasteiger partial charge on any atom is 0.416 e. The highest BCUT2D eigenvalue weighted by Crippen LogP contribution is 2.36. The van der Waals surface area contributed by atoms with Gasteiger partial charge in [-0.2, -0.15) is 13.2 Å². The summed E-state index contributed by atoms with van der Waals surface area (Å²) in [6.45, 7) is 1.87. The van der Waals surface area contributed by atoms with E-state index in [9.17, 15) is 18.0 Å². The van der Waals surface area contributed by atoms with E-state index in [0.29, 0.717) is 12.1 Å². The molecule has 2 nitrogen and oxygen atoms in total. The van der Waals surface area contributed by atoms with Gasteiger partial charge in [-0.05, 0) is 30.2 Å². The Kier molecular flexibility index (Phi) is 2.50. The second-order valence-corrected chi connectivity index (χ2v) is 3.82. The van der Waals surface area contributed by atoms with Crippen molar-refractivity contribution in [2.45, 2.75) is 26.2 Å². The highest BCUT2D eigenvalue weighted by molar-refractivity contribution is 5.94. The van der Waals surface area contributed by atoms with E-state index in [-0.39, 0.29) is 23.5 Å². The van der Waals surface area contributed by atoms with Crippen LogP contribution in [0.5, 0.6) is 0 Å². The van der Waals surface area contributed by atoms with Crippen LogP contribution in [0.15, 0.2) is 12.1 Å². The molecule has 1 aliphatic rings. The van der Waals surface area contributed by atoms with Crippen LogP contribution in [0, 0.1) is 0 Å². The number of rotatable bonds is 1. The molecule has 0 aliphatic carbocycles. The molecule has 1 heterocycles. The van der Waals surface area contributed by atoms with Crippen molar-refractivity contribution in [3.8, 4) is 0 Å². The third-order valence-electron chi connectivity index (χ3n) is 2.67. The fourth-order valence-electron chi connectivity index (χ4n) is 1.88. The van der Waals surface area contributed by atoms with Crippen LogP contribution in [0.2, 0.25) is 0 Å². The lowest BCUT2D eigenvalue weighted by molar-refractivity contribution is -0.138. The van der Waals surface area contributed by atoms with Gasteiger partial charge in [0.2, 0.25) is 0 Å². The number of fused-ring (bicyclic) bond motifs is 1. The molecule has 1 aliphatic heterocycles. The van der Waals surface area contributed by atoms with Crippen molar-refractivity contribution in [2.75, 3.05) is 0 Å². The fraction of sp³-hybridized carbons (Fsp3) is 0.364. The van der Waals surface area contributed by atoms with Crippen LogP contribution in [-0.2, 0) is 19.3 Å². The summed E-state index contributed by atoms with van der Waals surface area (Å²) in [6, 6.07) is 2.47. The Labute approximate surface area is 90.5 Å². The molecule has 0 fully saturated rings. The minimum Gasteiger partial charge on any atom is -0.309 e. The van der Waals surface area contributed by atoms with Gasteiger partial charge in [-0.25, -0.2) is 0 Å². The lowest BCUT2D eigenvalue weighted by Crippen LogP contribution is -2.11. The first kappa shape index (κ1) is 11.1. The van der Waals surface area contributed by atoms with Crippen molar-refractivity contribution in [1.29, 1.82) is 0 Å². The highest BCUT2D eigenvalue weighted by atomic mass is 19.4. The predicted octanol–water partition coefficient (Wildman–Crippen LogP) is 2.51. The standard InChI is InChI=1S/C11H10F3NO/c1-6(16)7-2-8-4-15-5-9(8)10(3-7)11(12,13)14/h2-3,15H,4-5H2,1H3. The first-order valence-corrected chi connectivity index (χ1v) is 4.84. The maximum absolute atomic E-state index is 12.7. The van der Waals surface area contributed by atoms with Gasteiger partial charge in [0, 0.05) is 18.7 Å². The summed E-state index contributed by atoms with van der Waals surface area (Å²) in [4.78, 5) is 11.1. The van der Waals surface area contributed by atoms with Crippen molar-refractivity contribution in [3.05, 3.63) is 34.4 Å². The first-order chi connectivity index (χ1) is 7.39. The van der Waals surface area contributed by atoms with Gasteiger partial charge in [0.1, 0.15) is 0 Å². The average Bonchev–Trinajstić information content (AvgIpc) is 2.61. The third kappa shape index (κ3) is 1.82. The summed E-state index contributed by atoms with van der Waals surface area (Å²) in [5.74, 6) is -0.347. The second kappa shape index (κ2) is 3.59. The molecule has 86 valence electrons. The zero-order chi connectivity index (χ0) is 11.9. The average molecular weight is 229 g/mol. The largest absolute Gasteiger partial charge is 0.416 e. The quantitative estimate of drug-likeness (QED) is 0.749. The zero-order valence-corrected chi connectivity index (χ0v) is 8.61. The van der Waals surface area contributed by atoms with Crippen molar-refractivity contribution in [3.63, 3.8) is 0 Å². The molecule has 0 spiro atoms. The Hall–Kier alpha value is -1.36. The number of Topliss-reactive ketones (excluding diaryl/α,β-unsaturated/α-hetero) is 1. The number of hydrogen-bond acceptors (Lipinski definition) is 2. The number of carbonyl (C=O) groups is 1. The molecule has 1 aromatic rings. The van der Waals surface area contributed by atoms with Gasteiger partial charge in [0.25, 0.3) is 0 Å². The fourth-order valence-corrected chi connectivity index (χ4v) is 1.88. The molecule has 0 saturated carbocycles. The Bertz CT molecular complexity index is 451. The molecular weight excluding hydrogens is 219 g/mol. The van der Waals surface area contributed by atoms with E-state index < -0.39 is 11.7 Å². The molecule has 0 unspecified atom stereocenters. The molecule has 0 bridgehead atoms. The molecule has 0 saturated heterocycles. The Morgan fingerprint density at radius 3 is 2.56 bits per heavy atom. The second-order valence-electron chi connectivity index (χ2n) is 3.82. The molecule has 2 rings (SSSR count). The van der Waals surface area contributed by atoms with E-state index in [1.165, 1.54) is 13.0 Å². The summed E-state index contributed by atoms with van der Waals surface area (Å²) in [5, 5.41) is 2.86. The van der Waals surface area contributed by atoms with Gasteiger partial charge >= 0.3 is 6.18 Å². The van der Waals surface area contributed by atoms with Crippen LogP contribution in [0.3, 0.4) is 0 Å². The molecule has 1 N–H and O–H groups in total. The number of hydrogen-bond donors (Lipinski definition) is 1. The summed E-state index contributed by atoms with van der Waals surface area (Å²) >= 11 is 0. The van der Waals surface area contributed by atoms with E-state index in [0.717, 1.165) is 6.07 Å². The van der Waals surface area contributed by atoms with Gasteiger partial charge in [-0.3, -0.25) is 4.79 Å². The van der Waals surface area contributed by atoms with Crippen molar-refractivity contribution >= 4 is 5.78 Å². The summed E-state index contributed by atoms with van der Waals surface area (Å²) < 4.78 is 38.2.